The lowest BCUT2D eigenvalue weighted by Gasteiger charge is -2.00. The number of thiazole rings is 1. The summed E-state index contributed by atoms with van der Waals surface area (Å²) in [6.45, 7) is 3.58. The number of nitrogens with one attached hydrogen (secondary N) is 1. The molecule has 0 bridgehead atoms. The smallest absolute Gasteiger partial charge is 0.213 e. The zero-order chi connectivity index (χ0) is 10.5. The Morgan fingerprint density at radius 2 is 2.40 bits per heavy atom. The van der Waals surface area contributed by atoms with Gasteiger partial charge in [0.1, 0.15) is 0 Å². The molecule has 0 fully saturated rings. The molecule has 0 atom stereocenters. The zero-order valence-corrected chi connectivity index (χ0v) is 9.25. The van der Waals surface area contributed by atoms with Crippen molar-refractivity contribution < 1.29 is 4.52 Å². The molecule has 0 aliphatic rings. The van der Waals surface area contributed by atoms with Gasteiger partial charge in [-0.3, -0.25) is 0 Å². The Labute approximate surface area is 91.5 Å². The van der Waals surface area contributed by atoms with Gasteiger partial charge >= 0.3 is 0 Å². The molecule has 0 spiro atoms. The van der Waals surface area contributed by atoms with Crippen molar-refractivity contribution in [1.29, 1.82) is 0 Å². The molecule has 2 aromatic heterocycles. The Morgan fingerprint density at radius 3 is 3.07 bits per heavy atom. The third-order valence-electron chi connectivity index (χ3n) is 2.06. The van der Waals surface area contributed by atoms with Gasteiger partial charge in [0.15, 0.2) is 5.82 Å². The van der Waals surface area contributed by atoms with Crippen LogP contribution in [0.3, 0.4) is 0 Å². The monoisotopic (exact) mass is 224 g/mol. The predicted octanol–water partition coefficient (Wildman–Crippen LogP) is 1.17. The Morgan fingerprint density at radius 1 is 1.47 bits per heavy atom. The van der Waals surface area contributed by atoms with E-state index in [1.807, 2.05) is 12.4 Å². The van der Waals surface area contributed by atoms with Crippen molar-refractivity contribution in [1.82, 2.24) is 20.4 Å². The topological polar surface area (TPSA) is 63.8 Å². The van der Waals surface area contributed by atoms with Gasteiger partial charge in [-0.25, -0.2) is 4.98 Å². The van der Waals surface area contributed by atoms with Gasteiger partial charge in [-0.05, 0) is 13.3 Å². The van der Waals surface area contributed by atoms with Crippen molar-refractivity contribution >= 4 is 11.3 Å². The standard InChI is InChI=1S/C9H12N4OS/c1-7-8(15-6-12-7)2-3-10-4-9-11-5-14-13-9/h5-6,10H,2-4H2,1H3. The highest BCUT2D eigenvalue weighted by molar-refractivity contribution is 7.09. The summed E-state index contributed by atoms with van der Waals surface area (Å²) in [7, 11) is 0. The third kappa shape index (κ3) is 2.84. The van der Waals surface area contributed by atoms with Crippen LogP contribution in [0.15, 0.2) is 16.4 Å². The minimum Gasteiger partial charge on any atom is -0.343 e. The van der Waals surface area contributed by atoms with Crippen molar-refractivity contribution in [2.24, 2.45) is 0 Å². The molecule has 0 saturated heterocycles. The first kappa shape index (κ1) is 10.3. The maximum Gasteiger partial charge on any atom is 0.213 e. The van der Waals surface area contributed by atoms with Crippen molar-refractivity contribution in [3.63, 3.8) is 0 Å². The van der Waals surface area contributed by atoms with E-state index in [2.05, 4.69) is 25.0 Å². The van der Waals surface area contributed by atoms with Crippen molar-refractivity contribution in [3.8, 4) is 0 Å². The van der Waals surface area contributed by atoms with E-state index < -0.39 is 0 Å². The zero-order valence-electron chi connectivity index (χ0n) is 8.43. The number of nitrogens with zero attached hydrogens (tertiary/aromatic N) is 3. The van der Waals surface area contributed by atoms with Gasteiger partial charge in [0, 0.05) is 11.4 Å². The number of aromatic nitrogens is 3. The van der Waals surface area contributed by atoms with E-state index in [-0.39, 0.29) is 0 Å². The lowest BCUT2D eigenvalue weighted by Crippen LogP contribution is -2.17. The largest absolute Gasteiger partial charge is 0.343 e. The molecule has 0 aliphatic heterocycles. The van der Waals surface area contributed by atoms with Crippen LogP contribution in [-0.4, -0.2) is 21.7 Å². The van der Waals surface area contributed by atoms with E-state index in [1.54, 1.807) is 11.3 Å². The van der Waals surface area contributed by atoms with Crippen molar-refractivity contribution in [2.45, 2.75) is 19.9 Å². The lowest BCUT2D eigenvalue weighted by atomic mass is 10.3. The summed E-state index contributed by atoms with van der Waals surface area (Å²) < 4.78 is 4.63. The van der Waals surface area contributed by atoms with Crippen LogP contribution in [0.4, 0.5) is 0 Å². The Bertz CT molecular complexity index is 398. The van der Waals surface area contributed by atoms with E-state index in [4.69, 9.17) is 0 Å². The first-order chi connectivity index (χ1) is 7.36. The van der Waals surface area contributed by atoms with E-state index in [9.17, 15) is 0 Å². The normalized spacial score (nSPS) is 10.7. The van der Waals surface area contributed by atoms with Crippen LogP contribution in [0.5, 0.6) is 0 Å². The van der Waals surface area contributed by atoms with Crippen LogP contribution in [-0.2, 0) is 13.0 Å². The number of aryl methyl sites for hydroxylation is 1. The van der Waals surface area contributed by atoms with E-state index in [0.29, 0.717) is 12.4 Å². The second-order valence-electron chi connectivity index (χ2n) is 3.14. The molecule has 2 aromatic rings. The van der Waals surface area contributed by atoms with Crippen molar-refractivity contribution in [3.05, 3.63) is 28.3 Å². The molecule has 2 rings (SSSR count). The number of hydrogen-bond donors (Lipinski definition) is 1. The third-order valence-corrected chi connectivity index (χ3v) is 3.06. The summed E-state index contributed by atoms with van der Waals surface area (Å²) >= 11 is 1.70. The van der Waals surface area contributed by atoms with Crippen LogP contribution < -0.4 is 5.32 Å². The fourth-order valence-electron chi connectivity index (χ4n) is 1.24. The molecular formula is C9H12N4OS. The minimum atomic E-state index is 0.647. The molecule has 0 radical (unpaired) electrons. The first-order valence-electron chi connectivity index (χ1n) is 4.71. The second-order valence-corrected chi connectivity index (χ2v) is 4.07. The van der Waals surface area contributed by atoms with Gasteiger partial charge < -0.3 is 9.84 Å². The molecule has 0 saturated carbocycles. The Balaban J connectivity index is 1.70. The average molecular weight is 224 g/mol. The average Bonchev–Trinajstić information content (AvgIpc) is 2.85. The van der Waals surface area contributed by atoms with Crippen LogP contribution in [0.2, 0.25) is 0 Å². The molecule has 5 nitrogen and oxygen atoms in total. The summed E-state index contributed by atoms with van der Waals surface area (Å²) in [4.78, 5) is 9.44. The van der Waals surface area contributed by atoms with Gasteiger partial charge in [-0.15, -0.1) is 11.3 Å². The highest BCUT2D eigenvalue weighted by Gasteiger charge is 2.01. The molecule has 1 N–H and O–H groups in total. The highest BCUT2D eigenvalue weighted by Crippen LogP contribution is 2.11. The molecule has 0 aromatic carbocycles. The van der Waals surface area contributed by atoms with Crippen molar-refractivity contribution in [2.75, 3.05) is 6.54 Å². The fraction of sp³-hybridized carbons (Fsp3) is 0.444. The fourth-order valence-corrected chi connectivity index (χ4v) is 2.02. The summed E-state index contributed by atoms with van der Waals surface area (Å²) in [6.07, 6.45) is 2.33. The molecule has 80 valence electrons. The summed E-state index contributed by atoms with van der Waals surface area (Å²) in [5.74, 6) is 0.691. The van der Waals surface area contributed by atoms with Crippen LogP contribution in [0, 0.1) is 6.92 Å². The molecular weight excluding hydrogens is 212 g/mol. The van der Waals surface area contributed by atoms with E-state index in [0.717, 1.165) is 18.7 Å². The highest BCUT2D eigenvalue weighted by atomic mass is 32.1. The van der Waals surface area contributed by atoms with Crippen LogP contribution >= 0.6 is 11.3 Å². The molecule has 0 aliphatic carbocycles. The predicted molar refractivity (Wildman–Crippen MR) is 56.6 cm³/mol. The SMILES string of the molecule is Cc1ncsc1CCNCc1ncon1. The number of hydrogen-bond acceptors (Lipinski definition) is 6. The quantitative estimate of drug-likeness (QED) is 0.772. The Hall–Kier alpha value is -1.27. The molecule has 2 heterocycles. The van der Waals surface area contributed by atoms with Gasteiger partial charge in [-0.2, -0.15) is 4.98 Å². The van der Waals surface area contributed by atoms with Gasteiger partial charge in [0.25, 0.3) is 0 Å². The summed E-state index contributed by atoms with van der Waals surface area (Å²) in [5, 5.41) is 6.96. The first-order valence-corrected chi connectivity index (χ1v) is 5.59. The minimum absolute atomic E-state index is 0.647. The van der Waals surface area contributed by atoms with Gasteiger partial charge in [0.2, 0.25) is 6.39 Å². The summed E-state index contributed by atoms with van der Waals surface area (Å²) in [5.41, 5.74) is 3.01. The molecule has 0 unspecified atom stereocenters. The molecule has 15 heavy (non-hydrogen) atoms. The number of rotatable bonds is 5. The van der Waals surface area contributed by atoms with E-state index in [1.165, 1.54) is 11.3 Å². The van der Waals surface area contributed by atoms with Gasteiger partial charge in [-0.1, -0.05) is 5.16 Å². The van der Waals surface area contributed by atoms with Crippen LogP contribution in [0.25, 0.3) is 0 Å². The summed E-state index contributed by atoms with van der Waals surface area (Å²) in [6, 6.07) is 0. The maximum atomic E-state index is 4.63. The second kappa shape index (κ2) is 4.99. The van der Waals surface area contributed by atoms with Crippen LogP contribution in [0.1, 0.15) is 16.4 Å². The maximum absolute atomic E-state index is 4.63. The van der Waals surface area contributed by atoms with Gasteiger partial charge in [0.05, 0.1) is 17.7 Å². The molecule has 0 amide bonds. The lowest BCUT2D eigenvalue weighted by molar-refractivity contribution is 0.407. The Kier molecular flexibility index (Phi) is 3.41. The van der Waals surface area contributed by atoms with E-state index >= 15 is 0 Å². The molecule has 6 heteroatoms.